The first-order valence-electron chi connectivity index (χ1n) is 11.5. The average molecular weight is 449 g/mol. The van der Waals surface area contributed by atoms with E-state index in [1.165, 1.54) is 12.1 Å². The molecule has 1 aromatic heterocycles. The lowest BCUT2D eigenvalue weighted by atomic mass is 9.96. The molecule has 3 aromatic rings. The highest BCUT2D eigenvalue weighted by atomic mass is 19.1. The van der Waals surface area contributed by atoms with E-state index >= 15 is 0 Å². The van der Waals surface area contributed by atoms with Crippen molar-refractivity contribution in [2.24, 2.45) is 5.92 Å². The van der Waals surface area contributed by atoms with Crippen LogP contribution in [0.4, 0.5) is 10.2 Å². The largest absolute Gasteiger partial charge is 0.494 e. The fourth-order valence-corrected chi connectivity index (χ4v) is 3.90. The Kier molecular flexibility index (Phi) is 7.50. The van der Waals surface area contributed by atoms with Gasteiger partial charge in [0, 0.05) is 31.1 Å². The van der Waals surface area contributed by atoms with Crippen molar-refractivity contribution in [3.05, 3.63) is 72.0 Å². The van der Waals surface area contributed by atoms with E-state index in [9.17, 15) is 9.18 Å². The van der Waals surface area contributed by atoms with Gasteiger partial charge in [-0.2, -0.15) is 0 Å². The van der Waals surface area contributed by atoms with Crippen LogP contribution in [0.2, 0.25) is 0 Å². The van der Waals surface area contributed by atoms with Gasteiger partial charge in [0.05, 0.1) is 12.3 Å². The predicted octanol–water partition coefficient (Wildman–Crippen LogP) is 4.60. The summed E-state index contributed by atoms with van der Waals surface area (Å²) in [5, 5.41) is 11.7. The zero-order valence-corrected chi connectivity index (χ0v) is 18.8. The van der Waals surface area contributed by atoms with Crippen molar-refractivity contribution < 1.29 is 13.9 Å². The second-order valence-corrected chi connectivity index (χ2v) is 8.26. The van der Waals surface area contributed by atoms with Crippen molar-refractivity contribution >= 4 is 11.7 Å². The maximum absolute atomic E-state index is 13.1. The second-order valence-electron chi connectivity index (χ2n) is 8.26. The highest BCUT2D eigenvalue weighted by molar-refractivity contribution is 5.79. The normalized spacial score (nSPS) is 14.2. The predicted molar refractivity (Wildman–Crippen MR) is 126 cm³/mol. The number of piperidine rings is 1. The molecule has 0 unspecified atom stereocenters. The standard InChI is InChI=1S/C26H29FN4O2/c1-2-17-33-23-9-3-19(4-10-23)18-28-26(32)21-13-15-31(16-14-21)25-12-11-24(29-30-25)20-5-7-22(27)8-6-20/h3-12,21H,2,13-18H2,1H3,(H,28,32). The van der Waals surface area contributed by atoms with E-state index in [0.717, 1.165) is 55.0 Å². The average Bonchev–Trinajstić information content (AvgIpc) is 2.87. The zero-order chi connectivity index (χ0) is 23.0. The van der Waals surface area contributed by atoms with Gasteiger partial charge in [0.1, 0.15) is 11.6 Å². The topological polar surface area (TPSA) is 67.3 Å². The lowest BCUT2D eigenvalue weighted by molar-refractivity contribution is -0.125. The number of nitrogens with one attached hydrogen (secondary N) is 1. The fourth-order valence-electron chi connectivity index (χ4n) is 3.90. The zero-order valence-electron chi connectivity index (χ0n) is 18.8. The Morgan fingerprint density at radius 3 is 2.39 bits per heavy atom. The number of rotatable bonds is 8. The van der Waals surface area contributed by atoms with Crippen molar-refractivity contribution in [2.45, 2.75) is 32.7 Å². The minimum Gasteiger partial charge on any atom is -0.494 e. The van der Waals surface area contributed by atoms with E-state index in [0.29, 0.717) is 18.8 Å². The minimum atomic E-state index is -0.273. The lowest BCUT2D eigenvalue weighted by Gasteiger charge is -2.31. The Morgan fingerprint density at radius 2 is 1.76 bits per heavy atom. The molecular formula is C26H29FN4O2. The van der Waals surface area contributed by atoms with Crippen LogP contribution in [0.3, 0.4) is 0 Å². The van der Waals surface area contributed by atoms with Gasteiger partial charge < -0.3 is 15.0 Å². The first-order valence-corrected chi connectivity index (χ1v) is 11.5. The highest BCUT2D eigenvalue weighted by Crippen LogP contribution is 2.24. The van der Waals surface area contributed by atoms with Crippen LogP contribution in [0.1, 0.15) is 31.7 Å². The van der Waals surface area contributed by atoms with E-state index < -0.39 is 0 Å². The molecule has 0 spiro atoms. The number of ether oxygens (including phenoxy) is 1. The van der Waals surface area contributed by atoms with E-state index in [2.05, 4.69) is 27.3 Å². The van der Waals surface area contributed by atoms with Gasteiger partial charge in [-0.25, -0.2) is 4.39 Å². The summed E-state index contributed by atoms with van der Waals surface area (Å²) in [5.74, 6) is 1.47. The Bertz CT molecular complexity index is 1030. The molecule has 0 bridgehead atoms. The first-order chi connectivity index (χ1) is 16.1. The Balaban J connectivity index is 1.24. The molecule has 1 N–H and O–H groups in total. The third kappa shape index (κ3) is 6.06. The van der Waals surface area contributed by atoms with Gasteiger partial charge in [-0.05, 0) is 73.4 Å². The van der Waals surface area contributed by atoms with Crippen LogP contribution in [-0.2, 0) is 11.3 Å². The Labute approximate surface area is 193 Å². The van der Waals surface area contributed by atoms with E-state index in [1.807, 2.05) is 36.4 Å². The van der Waals surface area contributed by atoms with Crippen LogP contribution in [0.5, 0.6) is 5.75 Å². The molecule has 0 aliphatic carbocycles. The van der Waals surface area contributed by atoms with Crippen LogP contribution < -0.4 is 15.0 Å². The number of anilines is 1. The van der Waals surface area contributed by atoms with Crippen LogP contribution >= 0.6 is 0 Å². The Morgan fingerprint density at radius 1 is 1.03 bits per heavy atom. The molecule has 1 aliphatic heterocycles. The van der Waals surface area contributed by atoms with Gasteiger partial charge in [-0.1, -0.05) is 19.1 Å². The van der Waals surface area contributed by atoms with Crippen molar-refractivity contribution in [3.63, 3.8) is 0 Å². The van der Waals surface area contributed by atoms with Gasteiger partial charge in [-0.3, -0.25) is 4.79 Å². The number of nitrogens with zero attached hydrogens (tertiary/aromatic N) is 3. The molecular weight excluding hydrogens is 419 g/mol. The van der Waals surface area contributed by atoms with E-state index in [4.69, 9.17) is 4.74 Å². The molecule has 1 aliphatic rings. The molecule has 6 nitrogen and oxygen atoms in total. The number of hydrogen-bond acceptors (Lipinski definition) is 5. The summed E-state index contributed by atoms with van der Waals surface area (Å²) < 4.78 is 18.7. The van der Waals surface area contributed by atoms with Crippen molar-refractivity contribution in [1.82, 2.24) is 15.5 Å². The number of carbonyl (C=O) groups is 1. The number of hydrogen-bond donors (Lipinski definition) is 1. The number of halogens is 1. The van der Waals surface area contributed by atoms with Crippen LogP contribution in [0, 0.1) is 11.7 Å². The molecule has 1 fully saturated rings. The molecule has 1 amide bonds. The summed E-state index contributed by atoms with van der Waals surface area (Å²) in [6, 6.07) is 17.9. The summed E-state index contributed by atoms with van der Waals surface area (Å²) in [6.45, 7) is 4.81. The number of carbonyl (C=O) groups excluding carboxylic acids is 1. The summed E-state index contributed by atoms with van der Waals surface area (Å²) in [7, 11) is 0. The summed E-state index contributed by atoms with van der Waals surface area (Å²) >= 11 is 0. The molecule has 33 heavy (non-hydrogen) atoms. The maximum atomic E-state index is 13.1. The monoisotopic (exact) mass is 448 g/mol. The summed E-state index contributed by atoms with van der Waals surface area (Å²) in [6.07, 6.45) is 2.53. The van der Waals surface area contributed by atoms with Crippen molar-refractivity contribution in [2.75, 3.05) is 24.6 Å². The number of benzene rings is 2. The van der Waals surface area contributed by atoms with Gasteiger partial charge in [-0.15, -0.1) is 10.2 Å². The third-order valence-electron chi connectivity index (χ3n) is 5.84. The maximum Gasteiger partial charge on any atom is 0.223 e. The number of amides is 1. The van der Waals surface area contributed by atoms with Crippen molar-refractivity contribution in [1.29, 1.82) is 0 Å². The molecule has 0 atom stereocenters. The summed E-state index contributed by atoms with van der Waals surface area (Å²) in [5.41, 5.74) is 2.59. The van der Waals surface area contributed by atoms with Crippen LogP contribution in [0.25, 0.3) is 11.3 Å². The van der Waals surface area contributed by atoms with Gasteiger partial charge in [0.15, 0.2) is 5.82 Å². The van der Waals surface area contributed by atoms with Crippen molar-refractivity contribution in [3.8, 4) is 17.0 Å². The smallest absolute Gasteiger partial charge is 0.223 e. The van der Waals surface area contributed by atoms with Gasteiger partial charge >= 0.3 is 0 Å². The molecule has 7 heteroatoms. The molecule has 2 heterocycles. The molecule has 0 radical (unpaired) electrons. The van der Waals surface area contributed by atoms with E-state index in [-0.39, 0.29) is 17.6 Å². The quantitative estimate of drug-likeness (QED) is 0.545. The molecule has 1 saturated heterocycles. The van der Waals surface area contributed by atoms with Crippen LogP contribution in [0.15, 0.2) is 60.7 Å². The minimum absolute atomic E-state index is 0.000131. The molecule has 4 rings (SSSR count). The second kappa shape index (κ2) is 10.9. The highest BCUT2D eigenvalue weighted by Gasteiger charge is 2.25. The first kappa shape index (κ1) is 22.7. The van der Waals surface area contributed by atoms with Gasteiger partial charge in [0.2, 0.25) is 5.91 Å². The van der Waals surface area contributed by atoms with E-state index in [1.54, 1.807) is 12.1 Å². The molecule has 2 aromatic carbocycles. The number of aromatic nitrogens is 2. The lowest BCUT2D eigenvalue weighted by Crippen LogP contribution is -2.40. The SMILES string of the molecule is CCCOc1ccc(CNC(=O)C2CCN(c3ccc(-c4ccc(F)cc4)nn3)CC2)cc1. The Hall–Kier alpha value is -3.48. The third-order valence-corrected chi connectivity index (χ3v) is 5.84. The summed E-state index contributed by atoms with van der Waals surface area (Å²) in [4.78, 5) is 14.8. The van der Waals surface area contributed by atoms with Gasteiger partial charge in [0.25, 0.3) is 0 Å². The van der Waals surface area contributed by atoms with Crippen LogP contribution in [-0.4, -0.2) is 35.8 Å². The molecule has 172 valence electrons. The molecule has 0 saturated carbocycles. The fraction of sp³-hybridized carbons (Fsp3) is 0.346.